The number of ether oxygens (including phenoxy) is 3. The van der Waals surface area contributed by atoms with E-state index in [-0.39, 0.29) is 19.1 Å². The van der Waals surface area contributed by atoms with Crippen molar-refractivity contribution < 1.29 is 23.8 Å². The number of carbonyl (C=O) groups is 2. The fraction of sp³-hybridized carbons (Fsp3) is 0.471. The first kappa shape index (κ1) is 18.1. The van der Waals surface area contributed by atoms with Crippen LogP contribution in [-0.4, -0.2) is 50.7 Å². The van der Waals surface area contributed by atoms with E-state index in [9.17, 15) is 9.59 Å². The van der Waals surface area contributed by atoms with Gasteiger partial charge in [0.2, 0.25) is 5.91 Å². The molecule has 130 valence electrons. The molecule has 7 heteroatoms. The average molecular weight is 334 g/mol. The Balaban J connectivity index is 1.71. The normalized spacial score (nSPS) is 19.0. The first-order valence-corrected chi connectivity index (χ1v) is 7.84. The molecule has 24 heavy (non-hydrogen) atoms. The minimum atomic E-state index is -0.638. The van der Waals surface area contributed by atoms with E-state index in [1.54, 1.807) is 7.11 Å². The van der Waals surface area contributed by atoms with Gasteiger partial charge in [-0.25, -0.2) is 4.79 Å². The van der Waals surface area contributed by atoms with Crippen LogP contribution in [-0.2, 0) is 25.6 Å². The molecule has 0 radical (unpaired) electrons. The molecule has 0 saturated carbocycles. The van der Waals surface area contributed by atoms with Gasteiger partial charge in [0.15, 0.2) is 0 Å². The van der Waals surface area contributed by atoms with E-state index in [1.165, 1.54) is 0 Å². The lowest BCUT2D eigenvalue weighted by atomic mass is 10.1. The first-order valence-electron chi connectivity index (χ1n) is 7.84. The van der Waals surface area contributed by atoms with E-state index in [4.69, 9.17) is 14.2 Å². The number of nitrogens with one attached hydrogen (secondary N) is 1. The molecule has 0 unspecified atom stereocenters. The van der Waals surface area contributed by atoms with E-state index < -0.39 is 12.2 Å². The Morgan fingerprint density at radius 2 is 2.12 bits per heavy atom. The molecule has 1 saturated heterocycles. The topological polar surface area (TPSA) is 86.2 Å². The van der Waals surface area contributed by atoms with Crippen LogP contribution in [0.4, 0.5) is 4.79 Å². The van der Waals surface area contributed by atoms with E-state index >= 15 is 0 Å². The number of benzene rings is 1. The van der Waals surface area contributed by atoms with Crippen molar-refractivity contribution in [2.75, 3.05) is 26.9 Å². The smallest absolute Gasteiger partial charge is 0.433 e. The summed E-state index contributed by atoms with van der Waals surface area (Å²) < 4.78 is 15.4. The standard InChI is InChI=1S/C17H22N2O5/c1-22-10-9-18-16(20)15-8-7-14(12-23-15)19-17(21)24-11-13-5-3-2-4-6-13/h2-6,15H,7-12H2,1H3,(H,18,20)/b19-14+/t15-/m0/s1. The zero-order valence-electron chi connectivity index (χ0n) is 13.7. The summed E-state index contributed by atoms with van der Waals surface area (Å²) in [7, 11) is 1.57. The molecule has 1 aliphatic heterocycles. The number of nitrogens with zero attached hydrogens (tertiary/aromatic N) is 1. The van der Waals surface area contributed by atoms with Crippen molar-refractivity contribution in [3.63, 3.8) is 0 Å². The molecule has 1 atom stereocenters. The van der Waals surface area contributed by atoms with Crippen molar-refractivity contribution in [1.29, 1.82) is 0 Å². The Morgan fingerprint density at radius 3 is 2.79 bits per heavy atom. The van der Waals surface area contributed by atoms with Crippen LogP contribution in [0.3, 0.4) is 0 Å². The molecule has 1 N–H and O–H groups in total. The maximum atomic E-state index is 11.8. The molecule has 1 heterocycles. The van der Waals surface area contributed by atoms with E-state index in [0.717, 1.165) is 5.56 Å². The molecule has 0 aromatic heterocycles. The number of carbonyl (C=O) groups excluding carboxylic acids is 2. The van der Waals surface area contributed by atoms with Crippen molar-refractivity contribution in [3.8, 4) is 0 Å². The molecule has 1 aromatic carbocycles. The van der Waals surface area contributed by atoms with Gasteiger partial charge in [-0.05, 0) is 18.4 Å². The van der Waals surface area contributed by atoms with Gasteiger partial charge in [-0.1, -0.05) is 30.3 Å². The summed E-state index contributed by atoms with van der Waals surface area (Å²) in [4.78, 5) is 27.5. The summed E-state index contributed by atoms with van der Waals surface area (Å²) in [5, 5.41) is 2.73. The molecule has 1 fully saturated rings. The summed E-state index contributed by atoms with van der Waals surface area (Å²) in [6.45, 7) is 1.24. The zero-order chi connectivity index (χ0) is 17.2. The van der Waals surface area contributed by atoms with E-state index in [0.29, 0.717) is 31.7 Å². The molecule has 1 aromatic rings. The molecule has 0 aliphatic carbocycles. The molecule has 2 rings (SSSR count). The predicted molar refractivity (Wildman–Crippen MR) is 87.9 cm³/mol. The summed E-state index contributed by atoms with van der Waals surface area (Å²) in [5.41, 5.74) is 1.49. The second kappa shape index (κ2) is 9.79. The Kier molecular flexibility index (Phi) is 7.38. The molecular weight excluding hydrogens is 312 g/mol. The number of aliphatic imine (C=N–C) groups is 1. The van der Waals surface area contributed by atoms with E-state index in [1.807, 2.05) is 30.3 Å². The summed E-state index contributed by atoms with van der Waals surface area (Å²) >= 11 is 0. The maximum absolute atomic E-state index is 11.8. The van der Waals surface area contributed by atoms with Gasteiger partial charge in [0.1, 0.15) is 12.7 Å². The zero-order valence-corrected chi connectivity index (χ0v) is 13.7. The third-order valence-corrected chi connectivity index (χ3v) is 3.50. The Hall–Kier alpha value is -2.25. The lowest BCUT2D eigenvalue weighted by Crippen LogP contribution is -2.41. The Morgan fingerprint density at radius 1 is 1.33 bits per heavy atom. The molecule has 7 nitrogen and oxygen atoms in total. The molecule has 0 spiro atoms. The van der Waals surface area contributed by atoms with Crippen LogP contribution in [0.5, 0.6) is 0 Å². The van der Waals surface area contributed by atoms with Gasteiger partial charge in [0, 0.05) is 13.7 Å². The van der Waals surface area contributed by atoms with Gasteiger partial charge in [-0.2, -0.15) is 4.99 Å². The number of hydrogen-bond donors (Lipinski definition) is 1. The van der Waals surface area contributed by atoms with Crippen molar-refractivity contribution >= 4 is 17.7 Å². The first-order chi connectivity index (χ1) is 11.7. The maximum Gasteiger partial charge on any atom is 0.433 e. The Bertz CT molecular complexity index is 564. The van der Waals surface area contributed by atoms with Crippen LogP contribution in [0.25, 0.3) is 0 Å². The van der Waals surface area contributed by atoms with Crippen LogP contribution < -0.4 is 5.32 Å². The predicted octanol–water partition coefficient (Wildman–Crippen LogP) is 1.71. The van der Waals surface area contributed by atoms with Gasteiger partial charge in [0.25, 0.3) is 0 Å². The molecular formula is C17H22N2O5. The molecule has 1 aliphatic rings. The number of rotatable bonds is 6. The molecule has 0 bridgehead atoms. The highest BCUT2D eigenvalue weighted by Gasteiger charge is 2.25. The second-order valence-corrected chi connectivity index (χ2v) is 5.34. The minimum Gasteiger partial charge on any atom is -0.443 e. The molecule has 2 amide bonds. The summed E-state index contributed by atoms with van der Waals surface area (Å²) in [6, 6.07) is 9.39. The quantitative estimate of drug-likeness (QED) is 0.800. The Labute approximate surface area is 141 Å². The fourth-order valence-electron chi connectivity index (χ4n) is 2.22. The summed E-state index contributed by atoms with van der Waals surface area (Å²) in [6.07, 6.45) is -0.131. The van der Waals surface area contributed by atoms with E-state index in [2.05, 4.69) is 10.3 Å². The lowest BCUT2D eigenvalue weighted by Gasteiger charge is -2.22. The number of methoxy groups -OCH3 is 1. The fourth-order valence-corrected chi connectivity index (χ4v) is 2.22. The minimum absolute atomic E-state index is 0.156. The van der Waals surface area contributed by atoms with Gasteiger partial charge in [-0.15, -0.1) is 0 Å². The van der Waals surface area contributed by atoms with Crippen LogP contribution in [0.15, 0.2) is 35.3 Å². The van der Waals surface area contributed by atoms with Gasteiger partial charge >= 0.3 is 6.09 Å². The lowest BCUT2D eigenvalue weighted by molar-refractivity contribution is -0.133. The van der Waals surface area contributed by atoms with Crippen molar-refractivity contribution in [3.05, 3.63) is 35.9 Å². The third-order valence-electron chi connectivity index (χ3n) is 3.50. The highest BCUT2D eigenvalue weighted by atomic mass is 16.5. The van der Waals surface area contributed by atoms with Gasteiger partial charge in [0.05, 0.1) is 18.9 Å². The van der Waals surface area contributed by atoms with Crippen molar-refractivity contribution in [1.82, 2.24) is 5.32 Å². The van der Waals surface area contributed by atoms with Crippen LogP contribution in [0.1, 0.15) is 18.4 Å². The van der Waals surface area contributed by atoms with Gasteiger partial charge < -0.3 is 19.5 Å². The summed E-state index contributed by atoms with van der Waals surface area (Å²) in [5.74, 6) is -0.169. The van der Waals surface area contributed by atoms with Crippen LogP contribution >= 0.6 is 0 Å². The van der Waals surface area contributed by atoms with Gasteiger partial charge in [-0.3, -0.25) is 4.79 Å². The number of amides is 2. The highest BCUT2D eigenvalue weighted by molar-refractivity contribution is 5.95. The third kappa shape index (κ3) is 6.10. The average Bonchev–Trinajstić information content (AvgIpc) is 2.61. The van der Waals surface area contributed by atoms with Crippen molar-refractivity contribution in [2.45, 2.75) is 25.6 Å². The van der Waals surface area contributed by atoms with Crippen LogP contribution in [0, 0.1) is 0 Å². The van der Waals surface area contributed by atoms with Crippen LogP contribution in [0.2, 0.25) is 0 Å². The SMILES string of the molecule is COCCNC(=O)[C@@H]1CC/C(=N\C(=O)OCc2ccccc2)CO1. The largest absolute Gasteiger partial charge is 0.443 e. The highest BCUT2D eigenvalue weighted by Crippen LogP contribution is 2.12. The monoisotopic (exact) mass is 334 g/mol. The number of hydrogen-bond acceptors (Lipinski definition) is 5. The second-order valence-electron chi connectivity index (χ2n) is 5.34. The van der Waals surface area contributed by atoms with Crippen molar-refractivity contribution in [2.24, 2.45) is 4.99 Å².